The minimum atomic E-state index is -0.538. The Morgan fingerprint density at radius 2 is 2.41 bits per heavy atom. The average Bonchev–Trinajstić information content (AvgIpc) is 2.65. The third-order valence-electron chi connectivity index (χ3n) is 2.95. The number of hydrogen-bond acceptors (Lipinski definition) is 4. The molecule has 1 amide bonds. The van der Waals surface area contributed by atoms with E-state index < -0.39 is 5.91 Å². The van der Waals surface area contributed by atoms with Crippen LogP contribution in [0.3, 0.4) is 0 Å². The van der Waals surface area contributed by atoms with Gasteiger partial charge in [-0.05, 0) is 12.5 Å². The highest BCUT2D eigenvalue weighted by molar-refractivity contribution is 5.93. The summed E-state index contributed by atoms with van der Waals surface area (Å²) < 4.78 is 7.35. The smallest absolute Gasteiger partial charge is 0.267 e. The highest BCUT2D eigenvalue weighted by Crippen LogP contribution is 2.18. The minimum Gasteiger partial charge on any atom is -0.376 e. The number of primary amides is 1. The molecule has 2 N–H and O–H groups in total. The summed E-state index contributed by atoms with van der Waals surface area (Å²) in [6.45, 7) is 1.61. The van der Waals surface area contributed by atoms with E-state index in [1.54, 1.807) is 18.6 Å². The molecule has 0 spiro atoms. The molecule has 0 radical (unpaired) electrons. The quantitative estimate of drug-likeness (QED) is 0.826. The molecule has 0 aliphatic carbocycles. The van der Waals surface area contributed by atoms with Crippen molar-refractivity contribution in [1.29, 1.82) is 0 Å². The summed E-state index contributed by atoms with van der Waals surface area (Å²) in [7, 11) is 0. The number of nitrogens with zero attached hydrogens (tertiary/aromatic N) is 3. The summed E-state index contributed by atoms with van der Waals surface area (Å²) in [6.07, 6.45) is 4.70. The first-order chi connectivity index (χ1) is 8.24. The number of ether oxygens (including phenoxy) is 1. The molecule has 2 aromatic heterocycles. The number of carbonyl (C=O) groups is 1. The van der Waals surface area contributed by atoms with Crippen LogP contribution < -0.4 is 5.73 Å². The first kappa shape index (κ1) is 10.2. The highest BCUT2D eigenvalue weighted by atomic mass is 16.5. The summed E-state index contributed by atoms with van der Waals surface area (Å²) in [5.41, 5.74) is 7.03. The van der Waals surface area contributed by atoms with Crippen LogP contribution in [0.5, 0.6) is 0 Å². The largest absolute Gasteiger partial charge is 0.376 e. The van der Waals surface area contributed by atoms with Gasteiger partial charge >= 0.3 is 0 Å². The van der Waals surface area contributed by atoms with Crippen LogP contribution in [0.25, 0.3) is 11.0 Å². The number of hydrogen-bond donors (Lipinski definition) is 1. The van der Waals surface area contributed by atoms with Crippen molar-refractivity contribution in [2.24, 2.45) is 5.73 Å². The van der Waals surface area contributed by atoms with Gasteiger partial charge in [0.25, 0.3) is 5.91 Å². The number of amides is 1. The molecule has 0 saturated carbocycles. The third-order valence-corrected chi connectivity index (χ3v) is 2.95. The Bertz CT molecular complexity index is 574. The van der Waals surface area contributed by atoms with E-state index in [9.17, 15) is 4.79 Å². The van der Waals surface area contributed by atoms with Crippen molar-refractivity contribution in [3.63, 3.8) is 0 Å². The number of nitrogens with two attached hydrogens (primary N) is 1. The van der Waals surface area contributed by atoms with E-state index >= 15 is 0 Å². The molecule has 6 nitrogen and oxygen atoms in total. The van der Waals surface area contributed by atoms with Gasteiger partial charge in [-0.25, -0.2) is 9.97 Å². The molecule has 88 valence electrons. The predicted molar refractivity (Wildman–Crippen MR) is 60.4 cm³/mol. The van der Waals surface area contributed by atoms with Gasteiger partial charge in [-0.2, -0.15) is 0 Å². The summed E-state index contributed by atoms with van der Waals surface area (Å²) in [6, 6.07) is 1.61. The van der Waals surface area contributed by atoms with Crippen molar-refractivity contribution in [1.82, 2.24) is 14.5 Å². The van der Waals surface area contributed by atoms with Crippen LogP contribution in [0.15, 0.2) is 18.6 Å². The van der Waals surface area contributed by atoms with Gasteiger partial charge in [-0.15, -0.1) is 0 Å². The summed E-state index contributed by atoms with van der Waals surface area (Å²) >= 11 is 0. The predicted octanol–water partition coefficient (Wildman–Crippen LogP) is 0.319. The maximum absolute atomic E-state index is 11.0. The zero-order valence-corrected chi connectivity index (χ0v) is 9.17. The van der Waals surface area contributed by atoms with Crippen LogP contribution in [-0.4, -0.2) is 33.2 Å². The lowest BCUT2D eigenvalue weighted by Crippen LogP contribution is -2.30. The maximum Gasteiger partial charge on any atom is 0.267 e. The number of carbonyl (C=O) groups excluding carboxylic acids is 1. The standard InChI is InChI=1S/C11H12N4O2/c12-11(16)9-3-8-10(4-13-9)15(6-14-8)5-7-1-2-17-7/h3-4,6-7H,1-2,5H2,(H2,12,16). The van der Waals surface area contributed by atoms with E-state index in [4.69, 9.17) is 10.5 Å². The van der Waals surface area contributed by atoms with Crippen molar-refractivity contribution in [2.45, 2.75) is 19.1 Å². The number of fused-ring (bicyclic) bond motifs is 1. The number of rotatable bonds is 3. The van der Waals surface area contributed by atoms with Gasteiger partial charge in [0, 0.05) is 6.61 Å². The van der Waals surface area contributed by atoms with Crippen LogP contribution in [0.2, 0.25) is 0 Å². The molecule has 1 fully saturated rings. The molecule has 1 aliphatic heterocycles. The van der Waals surface area contributed by atoms with E-state index in [1.165, 1.54) is 0 Å². The second kappa shape index (κ2) is 3.81. The van der Waals surface area contributed by atoms with E-state index in [2.05, 4.69) is 9.97 Å². The van der Waals surface area contributed by atoms with Crippen molar-refractivity contribution < 1.29 is 9.53 Å². The molecular formula is C11H12N4O2. The van der Waals surface area contributed by atoms with Crippen LogP contribution >= 0.6 is 0 Å². The second-order valence-corrected chi connectivity index (χ2v) is 4.10. The zero-order valence-electron chi connectivity index (χ0n) is 9.17. The maximum atomic E-state index is 11.0. The van der Waals surface area contributed by atoms with Crippen LogP contribution in [-0.2, 0) is 11.3 Å². The van der Waals surface area contributed by atoms with Crippen LogP contribution in [0.1, 0.15) is 16.9 Å². The molecule has 3 rings (SSSR count). The number of aromatic nitrogens is 3. The van der Waals surface area contributed by atoms with Gasteiger partial charge in [0.15, 0.2) is 0 Å². The Labute approximate surface area is 97.4 Å². The normalized spacial score (nSPS) is 19.2. The van der Waals surface area contributed by atoms with Gasteiger partial charge in [-0.1, -0.05) is 0 Å². The van der Waals surface area contributed by atoms with Gasteiger partial charge in [0.1, 0.15) is 5.69 Å². The summed E-state index contributed by atoms with van der Waals surface area (Å²) in [5, 5.41) is 0. The van der Waals surface area contributed by atoms with Gasteiger partial charge < -0.3 is 15.0 Å². The lowest BCUT2D eigenvalue weighted by Gasteiger charge is -2.26. The molecule has 0 bridgehead atoms. The lowest BCUT2D eigenvalue weighted by molar-refractivity contribution is -0.0586. The van der Waals surface area contributed by atoms with Crippen molar-refractivity contribution in [3.05, 3.63) is 24.3 Å². The lowest BCUT2D eigenvalue weighted by atomic mass is 10.2. The highest BCUT2D eigenvalue weighted by Gasteiger charge is 2.19. The minimum absolute atomic E-state index is 0.239. The molecule has 17 heavy (non-hydrogen) atoms. The number of imidazole rings is 1. The Balaban J connectivity index is 1.95. The van der Waals surface area contributed by atoms with Crippen molar-refractivity contribution >= 4 is 16.9 Å². The fraction of sp³-hybridized carbons (Fsp3) is 0.364. The zero-order chi connectivity index (χ0) is 11.8. The molecule has 1 atom stereocenters. The molecule has 3 heterocycles. The first-order valence-electron chi connectivity index (χ1n) is 5.46. The van der Waals surface area contributed by atoms with E-state index in [0.717, 1.165) is 30.6 Å². The van der Waals surface area contributed by atoms with E-state index in [-0.39, 0.29) is 11.8 Å². The molecule has 1 unspecified atom stereocenters. The Kier molecular flexibility index (Phi) is 2.29. The van der Waals surface area contributed by atoms with Gasteiger partial charge in [0.2, 0.25) is 0 Å². The van der Waals surface area contributed by atoms with Crippen molar-refractivity contribution in [2.75, 3.05) is 6.61 Å². The van der Waals surface area contributed by atoms with Crippen molar-refractivity contribution in [3.8, 4) is 0 Å². The fourth-order valence-corrected chi connectivity index (χ4v) is 1.88. The fourth-order valence-electron chi connectivity index (χ4n) is 1.88. The molecule has 1 saturated heterocycles. The number of pyridine rings is 1. The van der Waals surface area contributed by atoms with Gasteiger partial charge in [-0.3, -0.25) is 4.79 Å². The van der Waals surface area contributed by atoms with Crippen LogP contribution in [0, 0.1) is 0 Å². The Morgan fingerprint density at radius 1 is 1.59 bits per heavy atom. The molecule has 1 aliphatic rings. The molecule has 2 aromatic rings. The summed E-state index contributed by atoms with van der Waals surface area (Å²) in [4.78, 5) is 19.2. The third kappa shape index (κ3) is 1.76. The summed E-state index contributed by atoms with van der Waals surface area (Å²) in [5.74, 6) is -0.538. The Hall–Kier alpha value is -1.95. The molecule has 0 aromatic carbocycles. The van der Waals surface area contributed by atoms with E-state index in [1.807, 2.05) is 4.57 Å². The van der Waals surface area contributed by atoms with E-state index in [0.29, 0.717) is 0 Å². The molecule has 6 heteroatoms. The SMILES string of the molecule is NC(=O)c1cc2ncn(CC3CCO3)c2cn1. The second-order valence-electron chi connectivity index (χ2n) is 4.10. The monoisotopic (exact) mass is 232 g/mol. The average molecular weight is 232 g/mol. The first-order valence-corrected chi connectivity index (χ1v) is 5.46. The topological polar surface area (TPSA) is 83.0 Å². The molecular weight excluding hydrogens is 220 g/mol. The van der Waals surface area contributed by atoms with Gasteiger partial charge in [0.05, 0.1) is 36.2 Å². The van der Waals surface area contributed by atoms with Crippen LogP contribution in [0.4, 0.5) is 0 Å². The Morgan fingerprint density at radius 3 is 3.06 bits per heavy atom.